The van der Waals surface area contributed by atoms with Gasteiger partial charge < -0.3 is 18.6 Å². The quantitative estimate of drug-likeness (QED) is 0.152. The van der Waals surface area contributed by atoms with Gasteiger partial charge in [-0.3, -0.25) is 4.79 Å². The first-order chi connectivity index (χ1) is 21.0. The molecule has 2 aliphatic heterocycles. The average Bonchev–Trinajstić information content (AvgIpc) is 2.98. The number of benzene rings is 2. The summed E-state index contributed by atoms with van der Waals surface area (Å²) in [5, 5.41) is 1.34. The predicted molar refractivity (Wildman–Crippen MR) is 178 cm³/mol. The van der Waals surface area contributed by atoms with Crippen LogP contribution in [0.1, 0.15) is 107 Å². The molecule has 0 bridgehead atoms. The molecule has 0 atom stereocenters. The summed E-state index contributed by atoms with van der Waals surface area (Å²) in [7, 11) is 0. The lowest BCUT2D eigenvalue weighted by atomic mass is 9.76. The van der Waals surface area contributed by atoms with Gasteiger partial charge in [-0.05, 0) is 72.9 Å². The number of carbonyl (C=O) groups is 1. The smallest absolute Gasteiger partial charge is 0.347 e. The molecule has 0 N–H and O–H groups in total. The summed E-state index contributed by atoms with van der Waals surface area (Å²) in [6.45, 7) is 16.8. The molecule has 2 aliphatic rings. The van der Waals surface area contributed by atoms with E-state index in [1.165, 1.54) is 0 Å². The van der Waals surface area contributed by atoms with E-state index < -0.39 is 17.0 Å². The van der Waals surface area contributed by atoms with E-state index in [9.17, 15) is 14.4 Å². The van der Waals surface area contributed by atoms with Crippen molar-refractivity contribution in [1.82, 2.24) is 0 Å². The maximum atomic E-state index is 13.8. The fraction of sp³-hybridized carbons (Fsp3) is 0.486. The van der Waals surface area contributed by atoms with Crippen molar-refractivity contribution in [3.8, 4) is 0 Å². The highest BCUT2D eigenvalue weighted by Gasteiger charge is 2.36. The minimum Gasteiger partial charge on any atom is -0.422 e. The highest BCUT2D eigenvalue weighted by Crippen LogP contribution is 2.45. The second kappa shape index (κ2) is 11.2. The van der Waals surface area contributed by atoms with Crippen molar-refractivity contribution >= 4 is 39.1 Å². The van der Waals surface area contributed by atoms with Crippen molar-refractivity contribution in [1.29, 1.82) is 0 Å². The summed E-state index contributed by atoms with van der Waals surface area (Å²) in [6, 6.07) is 11.1. The number of fused-ring (bicyclic) bond motifs is 6. The Balaban J connectivity index is 1.44. The van der Waals surface area contributed by atoms with Crippen LogP contribution in [-0.2, 0) is 10.8 Å². The van der Waals surface area contributed by atoms with Gasteiger partial charge in [0.05, 0.1) is 0 Å². The Morgan fingerprint density at radius 3 is 1.50 bits per heavy atom. The zero-order chi connectivity index (χ0) is 31.4. The molecular formula is C37H44N2O5. The first-order valence-corrected chi connectivity index (χ1v) is 16.2. The Morgan fingerprint density at radius 2 is 1.11 bits per heavy atom. The molecule has 44 heavy (non-hydrogen) atoms. The summed E-state index contributed by atoms with van der Waals surface area (Å²) in [6.07, 6.45) is 6.24. The Bertz CT molecular complexity index is 1740. The second-order valence-corrected chi connectivity index (χ2v) is 13.9. The molecule has 4 aromatic rings. The van der Waals surface area contributed by atoms with Crippen molar-refractivity contribution < 1.29 is 13.6 Å². The number of ketones is 1. The van der Waals surface area contributed by atoms with Crippen LogP contribution >= 0.6 is 0 Å². The summed E-state index contributed by atoms with van der Waals surface area (Å²) in [5.41, 5.74) is 3.00. The van der Waals surface area contributed by atoms with Gasteiger partial charge in [-0.1, -0.05) is 54.4 Å². The van der Waals surface area contributed by atoms with Crippen molar-refractivity contribution in [2.24, 2.45) is 0 Å². The molecule has 2 aromatic carbocycles. The van der Waals surface area contributed by atoms with Crippen molar-refractivity contribution in [2.45, 2.75) is 90.9 Å². The van der Waals surface area contributed by atoms with Crippen molar-refractivity contribution in [3.05, 3.63) is 79.5 Å². The monoisotopic (exact) mass is 596 g/mol. The van der Waals surface area contributed by atoms with E-state index in [1.807, 2.05) is 12.1 Å². The standard InChI is InChI=1S/C37H44N2O5/c1-7-9-17-38-19-15-36(3,4)29-27(38)13-11-23-21-25(34(41)43-32(23)29)31(40)26-22-24-12-14-28-30(33(24)44-35(26)42)37(5,6)16-20-39(28)18-10-8-2/h11-14,21-22H,7-10,15-20H2,1-6H3. The summed E-state index contributed by atoms with van der Waals surface area (Å²) in [5.74, 6) is -0.681. The highest BCUT2D eigenvalue weighted by atomic mass is 16.4. The highest BCUT2D eigenvalue weighted by molar-refractivity contribution is 6.11. The average molecular weight is 597 g/mol. The van der Waals surface area contributed by atoms with Crippen LogP contribution in [0.4, 0.5) is 11.4 Å². The Kier molecular flexibility index (Phi) is 7.71. The molecule has 7 nitrogen and oxygen atoms in total. The van der Waals surface area contributed by atoms with E-state index >= 15 is 0 Å². The zero-order valence-electron chi connectivity index (χ0n) is 27.0. The maximum Gasteiger partial charge on any atom is 0.347 e. The number of hydrogen-bond donors (Lipinski definition) is 0. The number of nitrogens with zero attached hydrogens (tertiary/aromatic N) is 2. The van der Waals surface area contributed by atoms with Gasteiger partial charge in [0.15, 0.2) is 0 Å². The molecule has 2 aromatic heterocycles. The molecule has 0 saturated heterocycles. The molecule has 7 heteroatoms. The van der Waals surface area contributed by atoms with Crippen LogP contribution in [0.3, 0.4) is 0 Å². The van der Waals surface area contributed by atoms with E-state index in [0.29, 0.717) is 21.9 Å². The number of carbonyl (C=O) groups excluding carboxylic acids is 1. The minimum absolute atomic E-state index is 0.162. The molecule has 0 unspecified atom stereocenters. The predicted octanol–water partition coefficient (Wildman–Crippen LogP) is 7.71. The van der Waals surface area contributed by atoms with Gasteiger partial charge in [0.2, 0.25) is 5.78 Å². The van der Waals surface area contributed by atoms with Gasteiger partial charge in [0, 0.05) is 59.5 Å². The fourth-order valence-corrected chi connectivity index (χ4v) is 7.13. The van der Waals surface area contributed by atoms with Gasteiger partial charge in [0.1, 0.15) is 22.3 Å². The topological polar surface area (TPSA) is 84.0 Å². The first-order valence-electron chi connectivity index (χ1n) is 16.2. The number of unbranched alkanes of at least 4 members (excludes halogenated alkanes) is 2. The zero-order valence-corrected chi connectivity index (χ0v) is 27.0. The summed E-state index contributed by atoms with van der Waals surface area (Å²) in [4.78, 5) is 45.4. The van der Waals surface area contributed by atoms with Crippen LogP contribution in [0.15, 0.2) is 54.8 Å². The minimum atomic E-state index is -0.741. The molecule has 6 rings (SSSR count). The lowest BCUT2D eigenvalue weighted by Crippen LogP contribution is -2.38. The van der Waals surface area contributed by atoms with Crippen LogP contribution in [0, 0.1) is 0 Å². The van der Waals surface area contributed by atoms with Crippen LogP contribution in [0.5, 0.6) is 0 Å². The summed E-state index contributed by atoms with van der Waals surface area (Å²) >= 11 is 0. The third kappa shape index (κ3) is 5.04. The molecule has 0 fully saturated rings. The molecule has 0 saturated carbocycles. The van der Waals surface area contributed by atoms with Crippen LogP contribution < -0.4 is 21.1 Å². The van der Waals surface area contributed by atoms with Crippen molar-refractivity contribution in [2.75, 3.05) is 36.0 Å². The van der Waals surface area contributed by atoms with Gasteiger partial charge in [0.25, 0.3) is 0 Å². The fourth-order valence-electron chi connectivity index (χ4n) is 7.13. The van der Waals surface area contributed by atoms with Crippen LogP contribution in [0.25, 0.3) is 21.9 Å². The van der Waals surface area contributed by atoms with Crippen LogP contribution in [0.2, 0.25) is 0 Å². The SMILES string of the molecule is CCCCN1CCC(C)(C)c2c1ccc1cc(C(=O)c3cc4ccc5c(c4oc3=O)C(C)(C)CCN5CCCC)c(=O)oc21. The Morgan fingerprint density at radius 1 is 0.705 bits per heavy atom. The molecule has 0 amide bonds. The van der Waals surface area contributed by atoms with Gasteiger partial charge >= 0.3 is 11.3 Å². The number of anilines is 2. The molecule has 232 valence electrons. The normalized spacial score (nSPS) is 17.1. The van der Waals surface area contributed by atoms with Crippen molar-refractivity contribution in [3.63, 3.8) is 0 Å². The van der Waals surface area contributed by atoms with E-state index in [4.69, 9.17) is 8.83 Å². The Hall–Kier alpha value is -3.87. The first kappa shape index (κ1) is 30.2. The van der Waals surface area contributed by atoms with E-state index in [-0.39, 0.29) is 22.0 Å². The lowest BCUT2D eigenvalue weighted by molar-refractivity contribution is 0.103. The lowest BCUT2D eigenvalue weighted by Gasteiger charge is -2.40. The molecule has 0 aliphatic carbocycles. The maximum absolute atomic E-state index is 13.8. The summed E-state index contributed by atoms with van der Waals surface area (Å²) < 4.78 is 11.9. The number of rotatable bonds is 8. The van der Waals surface area contributed by atoms with Gasteiger partial charge in [-0.25, -0.2) is 9.59 Å². The third-order valence-corrected chi connectivity index (χ3v) is 9.86. The van der Waals surface area contributed by atoms with Gasteiger partial charge in [-0.15, -0.1) is 0 Å². The van der Waals surface area contributed by atoms with E-state index in [2.05, 4.69) is 63.5 Å². The number of hydrogen-bond acceptors (Lipinski definition) is 7. The Labute approximate surface area is 258 Å². The van der Waals surface area contributed by atoms with Gasteiger partial charge in [-0.2, -0.15) is 0 Å². The molecule has 0 spiro atoms. The largest absolute Gasteiger partial charge is 0.422 e. The molecule has 4 heterocycles. The third-order valence-electron chi connectivity index (χ3n) is 9.86. The van der Waals surface area contributed by atoms with E-state index in [0.717, 1.165) is 87.2 Å². The molecule has 0 radical (unpaired) electrons. The molecular weight excluding hydrogens is 552 g/mol. The van der Waals surface area contributed by atoms with Crippen LogP contribution in [-0.4, -0.2) is 32.0 Å². The van der Waals surface area contributed by atoms with E-state index in [1.54, 1.807) is 12.1 Å². The second-order valence-electron chi connectivity index (χ2n) is 13.9.